The molecule has 0 bridgehead atoms. The van der Waals surface area contributed by atoms with Crippen molar-refractivity contribution in [1.29, 1.82) is 0 Å². The monoisotopic (exact) mass is 1500 g/mol. The van der Waals surface area contributed by atoms with Crippen LogP contribution in [-0.4, -0.2) is 39.9 Å². The van der Waals surface area contributed by atoms with Gasteiger partial charge in [-0.2, -0.15) is 0 Å². The average molecular weight is 1500 g/mol. The summed E-state index contributed by atoms with van der Waals surface area (Å²) in [5.74, 6) is 0. The first-order valence-electron chi connectivity index (χ1n) is 40.0. The molecule has 0 unspecified atom stereocenters. The Bertz CT molecular complexity index is 8550. The van der Waals surface area contributed by atoms with Gasteiger partial charge in [-0.25, -0.2) is 29.9 Å². The molecule has 544 valence electrons. The minimum atomic E-state index is 0.926. The number of benzene rings is 17. The lowest BCUT2D eigenvalue weighted by Gasteiger charge is -2.15. The summed E-state index contributed by atoms with van der Waals surface area (Å²) in [6.07, 6.45) is 3.67. The average Bonchev–Trinajstić information content (AvgIpc) is 0.730. The highest BCUT2D eigenvalue weighted by Crippen LogP contribution is 2.43. The number of nitrogens with zero attached hydrogens (tertiary/aromatic N) is 8. The molecule has 0 atom stereocenters. The molecule has 17 aromatic carbocycles. The van der Waals surface area contributed by atoms with Gasteiger partial charge in [0.1, 0.15) is 0 Å². The van der Waals surface area contributed by atoms with E-state index in [-0.39, 0.29) is 0 Å². The van der Waals surface area contributed by atoms with E-state index in [4.69, 9.17) is 29.9 Å². The van der Waals surface area contributed by atoms with Gasteiger partial charge in [0.05, 0.1) is 78.3 Å². The second-order valence-electron chi connectivity index (χ2n) is 31.0. The summed E-state index contributed by atoms with van der Waals surface area (Å²) in [7, 11) is 0. The Morgan fingerprint density at radius 3 is 1.00 bits per heavy atom. The molecule has 0 N–H and O–H groups in total. The Labute approximate surface area is 676 Å². The van der Waals surface area contributed by atoms with E-state index in [9.17, 15) is 0 Å². The fourth-order valence-electron chi connectivity index (χ4n) is 18.0. The Balaban J connectivity index is 0.000000135. The highest BCUT2D eigenvalue weighted by molar-refractivity contribution is 6.26. The number of rotatable bonds is 8. The molecule has 0 saturated carbocycles. The molecular weight excluding hydrogens is 1430 g/mol. The Hall–Kier alpha value is -15.9. The van der Waals surface area contributed by atoms with E-state index in [1.165, 1.54) is 53.9 Å². The molecule has 8 heteroatoms. The molecular formula is C110H64N8. The molecule has 25 aromatic rings. The topological polar surface area (TPSA) is 103 Å². The summed E-state index contributed by atoms with van der Waals surface area (Å²) in [5.41, 5.74) is 24.5. The first kappa shape index (κ1) is 66.7. The lowest BCUT2D eigenvalue weighted by Crippen LogP contribution is -1.91. The Morgan fingerprint density at radius 2 is 0.466 bits per heavy atom. The van der Waals surface area contributed by atoms with Crippen LogP contribution in [0.25, 0.3) is 252 Å². The molecule has 0 aliphatic heterocycles. The molecule has 8 heterocycles. The third kappa shape index (κ3) is 11.4. The second-order valence-corrected chi connectivity index (χ2v) is 31.0. The number of hydrogen-bond acceptors (Lipinski definition) is 8. The van der Waals surface area contributed by atoms with Crippen molar-refractivity contribution in [3.63, 3.8) is 0 Å². The minimum absolute atomic E-state index is 0.926. The highest BCUT2D eigenvalue weighted by Gasteiger charge is 2.19. The molecule has 0 fully saturated rings. The van der Waals surface area contributed by atoms with E-state index in [1.54, 1.807) is 0 Å². The molecule has 8 nitrogen and oxygen atoms in total. The van der Waals surface area contributed by atoms with Crippen molar-refractivity contribution in [3.8, 4) is 89.8 Å². The van der Waals surface area contributed by atoms with Gasteiger partial charge in [0.15, 0.2) is 0 Å². The maximum atomic E-state index is 5.23. The molecule has 0 saturated heterocycles. The summed E-state index contributed by atoms with van der Waals surface area (Å²) in [4.78, 5) is 40.2. The van der Waals surface area contributed by atoms with Crippen LogP contribution in [0, 0.1) is 0 Å². The van der Waals surface area contributed by atoms with Gasteiger partial charge in [-0.05, 0) is 219 Å². The number of pyridine rings is 8. The maximum absolute atomic E-state index is 5.23. The first-order chi connectivity index (χ1) is 58.3. The van der Waals surface area contributed by atoms with Gasteiger partial charge in [-0.1, -0.05) is 255 Å². The van der Waals surface area contributed by atoms with Gasteiger partial charge >= 0.3 is 0 Å². The van der Waals surface area contributed by atoms with Gasteiger partial charge in [0.25, 0.3) is 0 Å². The molecule has 0 spiro atoms. The number of fused-ring (bicyclic) bond motifs is 15. The third-order valence-electron chi connectivity index (χ3n) is 24.0. The van der Waals surface area contributed by atoms with Crippen molar-refractivity contribution in [2.75, 3.05) is 0 Å². The van der Waals surface area contributed by atoms with E-state index < -0.39 is 0 Å². The van der Waals surface area contributed by atoms with Crippen LogP contribution in [0.4, 0.5) is 0 Å². The van der Waals surface area contributed by atoms with Gasteiger partial charge in [-0.15, -0.1) is 0 Å². The van der Waals surface area contributed by atoms with E-state index in [0.717, 1.165) is 199 Å². The van der Waals surface area contributed by atoms with Crippen molar-refractivity contribution in [2.24, 2.45) is 0 Å². The minimum Gasteiger partial charge on any atom is -0.254 e. The lowest BCUT2D eigenvalue weighted by molar-refractivity contribution is 1.37. The van der Waals surface area contributed by atoms with Crippen LogP contribution in [0.3, 0.4) is 0 Å². The van der Waals surface area contributed by atoms with E-state index >= 15 is 0 Å². The fourth-order valence-corrected chi connectivity index (χ4v) is 18.0. The van der Waals surface area contributed by atoms with Crippen LogP contribution < -0.4 is 0 Å². The van der Waals surface area contributed by atoms with Gasteiger partial charge in [-0.3, -0.25) is 9.97 Å². The van der Waals surface area contributed by atoms with Crippen molar-refractivity contribution < 1.29 is 0 Å². The second kappa shape index (κ2) is 26.9. The quantitative estimate of drug-likeness (QED) is 0.139. The molecule has 0 aliphatic rings. The SMILES string of the molecule is c1ccc2c(c1)cc(-c1ccc3cc(-c4ccc5ccc(-c6ccc7cc(-c8ccc9ccc%10cccnc%10c9n8)ccc7c6)nc5c4)ccc3n1)c1ccccc12.c1cnc2c(c1)ccc1ccc(-c3ccc4cc(-c5ccc6ccc(-c7ccc8nc(-c9cc%10cccc%11ccc%12cccc9c%12c%11%10)ccc8c7)cc6n5)ccc4c3)nc12. The molecule has 0 amide bonds. The maximum Gasteiger partial charge on any atom is 0.0972 e. The van der Waals surface area contributed by atoms with Crippen LogP contribution in [0.15, 0.2) is 389 Å². The van der Waals surface area contributed by atoms with Gasteiger partial charge < -0.3 is 0 Å². The van der Waals surface area contributed by atoms with Crippen LogP contribution in [-0.2, 0) is 0 Å². The first-order valence-corrected chi connectivity index (χ1v) is 40.0. The van der Waals surface area contributed by atoms with Crippen molar-refractivity contribution >= 4 is 163 Å². The van der Waals surface area contributed by atoms with Crippen molar-refractivity contribution in [3.05, 3.63) is 389 Å². The van der Waals surface area contributed by atoms with E-state index in [2.05, 4.69) is 374 Å². The summed E-state index contributed by atoms with van der Waals surface area (Å²) in [6, 6.07) is 134. The largest absolute Gasteiger partial charge is 0.254 e. The van der Waals surface area contributed by atoms with E-state index in [0.29, 0.717) is 0 Å². The summed E-state index contributed by atoms with van der Waals surface area (Å²) >= 11 is 0. The zero-order chi connectivity index (χ0) is 77.5. The molecule has 0 radical (unpaired) electrons. The molecule has 118 heavy (non-hydrogen) atoms. The van der Waals surface area contributed by atoms with Gasteiger partial charge in [0.2, 0.25) is 0 Å². The smallest absolute Gasteiger partial charge is 0.0972 e. The Morgan fingerprint density at radius 1 is 0.144 bits per heavy atom. The van der Waals surface area contributed by atoms with E-state index in [1.807, 2.05) is 24.5 Å². The zero-order valence-corrected chi connectivity index (χ0v) is 63.5. The normalized spacial score (nSPS) is 11.9. The summed E-state index contributed by atoms with van der Waals surface area (Å²) in [5, 5.41) is 26.0. The van der Waals surface area contributed by atoms with Gasteiger partial charge in [0, 0.05) is 88.9 Å². The lowest BCUT2D eigenvalue weighted by atomic mass is 9.90. The highest BCUT2D eigenvalue weighted by atomic mass is 14.8. The fraction of sp³-hybridized carbons (Fsp3) is 0. The van der Waals surface area contributed by atoms with Crippen molar-refractivity contribution in [1.82, 2.24) is 39.9 Å². The Kier molecular flexibility index (Phi) is 15.2. The predicted octanol–water partition coefficient (Wildman–Crippen LogP) is 28.6. The number of hydrogen-bond donors (Lipinski definition) is 0. The standard InChI is InChI=1S/C56H32N4.C54H32N4/c1-4-34-10-11-35-5-2-8-46-47(31-45(6-1)53(34)54(35)46)51-26-22-44-30-40(21-25-48(44)58-51)41-14-9-33-19-23-49(59-52(33)32-41)42-17-15-39-29-43(18-16-38(39)28-42)50-24-20-37-13-12-36-7-3-27-57-55(36)56(37)60-50;1-2-8-44-40(6-1)31-47(46-10-4-3-9-45(44)46)51-26-22-43-30-38(21-25-48(43)56-51)39-14-11-33-19-23-49(57-52(33)32-39)41-17-15-37-29-42(18-16-36(37)28-41)50-24-20-35-13-12-34-7-5-27-55-53(34)54(35)58-50/h1-32H;1-32H. The summed E-state index contributed by atoms with van der Waals surface area (Å²) < 4.78 is 0. The molecule has 0 aliphatic carbocycles. The van der Waals surface area contributed by atoms with Crippen LogP contribution in [0.5, 0.6) is 0 Å². The van der Waals surface area contributed by atoms with Crippen molar-refractivity contribution in [2.45, 2.75) is 0 Å². The van der Waals surface area contributed by atoms with Crippen LogP contribution in [0.2, 0.25) is 0 Å². The predicted molar refractivity (Wildman–Crippen MR) is 493 cm³/mol. The zero-order valence-electron chi connectivity index (χ0n) is 63.5. The van der Waals surface area contributed by atoms with Crippen LogP contribution in [0.1, 0.15) is 0 Å². The molecule has 25 rings (SSSR count). The third-order valence-corrected chi connectivity index (χ3v) is 24.0. The van der Waals surface area contributed by atoms with Crippen LogP contribution >= 0.6 is 0 Å². The summed E-state index contributed by atoms with van der Waals surface area (Å²) in [6.45, 7) is 0. The molecule has 8 aromatic heterocycles. The number of aromatic nitrogens is 8.